The monoisotopic (exact) mass is 271 g/mol. The molecule has 1 N–H and O–H groups in total. The summed E-state index contributed by atoms with van der Waals surface area (Å²) < 4.78 is 1.97. The standard InChI is InChI=1S/C16H21N3O/c1-18-8-13(15-10-19(2)11-17-15)14(9-18)16(20)12-6-4-3-5-7-12/h3-7,10-11,13-14,16,20H,8-9H2,1-2H3/t13-,14-,16?/m0/s1. The van der Waals surface area contributed by atoms with E-state index >= 15 is 0 Å². The highest BCUT2D eigenvalue weighted by atomic mass is 16.3. The summed E-state index contributed by atoms with van der Waals surface area (Å²) in [5.41, 5.74) is 2.07. The Balaban J connectivity index is 1.87. The summed E-state index contributed by atoms with van der Waals surface area (Å²) >= 11 is 0. The molecule has 1 unspecified atom stereocenters. The second-order valence-electron chi connectivity index (χ2n) is 5.81. The highest BCUT2D eigenvalue weighted by Crippen LogP contribution is 2.39. The van der Waals surface area contributed by atoms with E-state index < -0.39 is 6.10 Å². The van der Waals surface area contributed by atoms with Crippen LogP contribution in [0.15, 0.2) is 42.9 Å². The Morgan fingerprint density at radius 2 is 1.95 bits per heavy atom. The molecular weight excluding hydrogens is 250 g/mol. The third-order valence-corrected chi connectivity index (χ3v) is 4.20. The number of hydrogen-bond donors (Lipinski definition) is 1. The maximum atomic E-state index is 10.7. The molecule has 1 aliphatic rings. The van der Waals surface area contributed by atoms with Crippen molar-refractivity contribution in [2.75, 3.05) is 20.1 Å². The molecule has 2 heterocycles. The number of aromatic nitrogens is 2. The van der Waals surface area contributed by atoms with Crippen molar-refractivity contribution in [3.8, 4) is 0 Å². The van der Waals surface area contributed by atoms with Crippen LogP contribution in [0.25, 0.3) is 0 Å². The second-order valence-corrected chi connectivity index (χ2v) is 5.81. The zero-order valence-electron chi connectivity index (χ0n) is 12.0. The van der Waals surface area contributed by atoms with Crippen LogP contribution in [0.2, 0.25) is 0 Å². The van der Waals surface area contributed by atoms with Crippen molar-refractivity contribution in [2.45, 2.75) is 12.0 Å². The SMILES string of the molecule is CN1C[C@H](c2cn(C)cn2)[C@@H](C(O)c2ccccc2)C1. The highest BCUT2D eigenvalue weighted by Gasteiger charge is 2.38. The maximum Gasteiger partial charge on any atom is 0.0946 e. The number of rotatable bonds is 3. The Hall–Kier alpha value is -1.65. The third-order valence-electron chi connectivity index (χ3n) is 4.20. The Kier molecular flexibility index (Phi) is 3.59. The molecule has 0 bridgehead atoms. The topological polar surface area (TPSA) is 41.3 Å². The fourth-order valence-electron chi connectivity index (χ4n) is 3.19. The van der Waals surface area contributed by atoms with Crippen LogP contribution in [-0.4, -0.2) is 39.7 Å². The van der Waals surface area contributed by atoms with Gasteiger partial charge in [0.2, 0.25) is 0 Å². The molecule has 0 spiro atoms. The molecule has 20 heavy (non-hydrogen) atoms. The van der Waals surface area contributed by atoms with Crippen LogP contribution >= 0.6 is 0 Å². The molecule has 4 nitrogen and oxygen atoms in total. The summed E-state index contributed by atoms with van der Waals surface area (Å²) in [4.78, 5) is 6.76. The van der Waals surface area contributed by atoms with Gasteiger partial charge in [-0.3, -0.25) is 0 Å². The van der Waals surface area contributed by atoms with Gasteiger partial charge < -0.3 is 14.6 Å². The first-order valence-corrected chi connectivity index (χ1v) is 7.04. The van der Waals surface area contributed by atoms with E-state index in [0.29, 0.717) is 0 Å². The number of aryl methyl sites for hydroxylation is 1. The van der Waals surface area contributed by atoms with Crippen LogP contribution < -0.4 is 0 Å². The summed E-state index contributed by atoms with van der Waals surface area (Å²) in [6.45, 7) is 1.85. The van der Waals surface area contributed by atoms with Gasteiger partial charge in [0.05, 0.1) is 18.1 Å². The smallest absolute Gasteiger partial charge is 0.0946 e. The molecule has 3 rings (SSSR count). The fraction of sp³-hybridized carbons (Fsp3) is 0.438. The van der Waals surface area contributed by atoms with Crippen LogP contribution in [0, 0.1) is 5.92 Å². The van der Waals surface area contributed by atoms with Crippen molar-refractivity contribution in [3.63, 3.8) is 0 Å². The predicted octanol–water partition coefficient (Wildman–Crippen LogP) is 1.80. The lowest BCUT2D eigenvalue weighted by Crippen LogP contribution is -2.20. The van der Waals surface area contributed by atoms with Gasteiger partial charge in [-0.05, 0) is 12.6 Å². The molecule has 1 aliphatic heterocycles. The summed E-state index contributed by atoms with van der Waals surface area (Å²) in [5.74, 6) is 0.480. The molecule has 1 aromatic carbocycles. The van der Waals surface area contributed by atoms with E-state index in [-0.39, 0.29) is 11.8 Å². The van der Waals surface area contributed by atoms with Crippen molar-refractivity contribution in [1.82, 2.24) is 14.5 Å². The zero-order valence-corrected chi connectivity index (χ0v) is 12.0. The number of hydrogen-bond acceptors (Lipinski definition) is 3. The number of benzene rings is 1. The molecule has 0 aliphatic carbocycles. The van der Waals surface area contributed by atoms with Crippen LogP contribution in [0.5, 0.6) is 0 Å². The quantitative estimate of drug-likeness (QED) is 0.925. The van der Waals surface area contributed by atoms with Crippen LogP contribution in [-0.2, 0) is 7.05 Å². The Labute approximate surface area is 119 Å². The van der Waals surface area contributed by atoms with E-state index in [1.165, 1.54) is 0 Å². The van der Waals surface area contributed by atoms with Crippen molar-refractivity contribution >= 4 is 0 Å². The largest absolute Gasteiger partial charge is 0.388 e. The minimum Gasteiger partial charge on any atom is -0.388 e. The van der Waals surface area contributed by atoms with Crippen molar-refractivity contribution in [1.29, 1.82) is 0 Å². The molecule has 1 aromatic heterocycles. The van der Waals surface area contributed by atoms with Gasteiger partial charge in [-0.2, -0.15) is 0 Å². The normalized spacial score (nSPS) is 24.9. The number of nitrogens with zero attached hydrogens (tertiary/aromatic N) is 3. The molecule has 3 atom stereocenters. The number of aliphatic hydroxyl groups excluding tert-OH is 1. The minimum absolute atomic E-state index is 0.192. The summed E-state index contributed by atoms with van der Waals surface area (Å²) in [6.07, 6.45) is 3.46. The van der Waals surface area contributed by atoms with Gasteiger partial charge in [-0.1, -0.05) is 30.3 Å². The van der Waals surface area contributed by atoms with Crippen molar-refractivity contribution < 1.29 is 5.11 Å². The average molecular weight is 271 g/mol. The molecule has 0 radical (unpaired) electrons. The number of likely N-dealkylation sites (N-methyl/N-ethyl adjacent to an activating group) is 1. The van der Waals surface area contributed by atoms with Gasteiger partial charge in [0.25, 0.3) is 0 Å². The molecule has 0 saturated carbocycles. The first kappa shape index (κ1) is 13.3. The molecule has 1 fully saturated rings. The second kappa shape index (κ2) is 5.38. The van der Waals surface area contributed by atoms with Crippen LogP contribution in [0.1, 0.15) is 23.3 Å². The van der Waals surface area contributed by atoms with Gasteiger partial charge in [0.15, 0.2) is 0 Å². The lowest BCUT2D eigenvalue weighted by atomic mass is 9.85. The molecule has 2 aromatic rings. The third kappa shape index (κ3) is 2.49. The summed E-state index contributed by atoms with van der Waals surface area (Å²) in [5, 5.41) is 10.7. The number of likely N-dealkylation sites (tertiary alicyclic amines) is 1. The van der Waals surface area contributed by atoms with E-state index in [2.05, 4.69) is 23.1 Å². The Bertz CT molecular complexity index is 566. The average Bonchev–Trinajstić information content (AvgIpc) is 3.05. The van der Waals surface area contributed by atoms with E-state index in [4.69, 9.17) is 0 Å². The van der Waals surface area contributed by atoms with Crippen LogP contribution in [0.4, 0.5) is 0 Å². The molecule has 0 amide bonds. The molecule has 4 heteroatoms. The van der Waals surface area contributed by atoms with Gasteiger partial charge in [0, 0.05) is 38.2 Å². The summed E-state index contributed by atoms with van der Waals surface area (Å²) in [7, 11) is 4.09. The van der Waals surface area contributed by atoms with Gasteiger partial charge in [-0.25, -0.2) is 4.98 Å². The van der Waals surface area contributed by atoms with Crippen molar-refractivity contribution in [2.24, 2.45) is 13.0 Å². The Morgan fingerprint density at radius 3 is 2.60 bits per heavy atom. The Morgan fingerprint density at radius 1 is 1.20 bits per heavy atom. The molecule has 1 saturated heterocycles. The highest BCUT2D eigenvalue weighted by molar-refractivity contribution is 5.21. The molecular formula is C16H21N3O. The first-order valence-electron chi connectivity index (χ1n) is 7.04. The first-order chi connectivity index (χ1) is 9.65. The van der Waals surface area contributed by atoms with Crippen molar-refractivity contribution in [3.05, 3.63) is 54.1 Å². The zero-order chi connectivity index (χ0) is 14.1. The van der Waals surface area contributed by atoms with E-state index in [1.807, 2.05) is 48.3 Å². The lowest BCUT2D eigenvalue weighted by Gasteiger charge is -2.23. The number of imidazole rings is 1. The lowest BCUT2D eigenvalue weighted by molar-refractivity contribution is 0.105. The van der Waals surface area contributed by atoms with Crippen LogP contribution in [0.3, 0.4) is 0 Å². The van der Waals surface area contributed by atoms with E-state index in [0.717, 1.165) is 24.3 Å². The van der Waals surface area contributed by atoms with E-state index in [1.54, 1.807) is 0 Å². The summed E-state index contributed by atoms with van der Waals surface area (Å²) in [6, 6.07) is 9.93. The van der Waals surface area contributed by atoms with Gasteiger partial charge in [0.1, 0.15) is 0 Å². The number of aliphatic hydroxyl groups is 1. The predicted molar refractivity (Wildman–Crippen MR) is 78.3 cm³/mol. The van der Waals surface area contributed by atoms with Gasteiger partial charge in [-0.15, -0.1) is 0 Å². The minimum atomic E-state index is -0.437. The van der Waals surface area contributed by atoms with Gasteiger partial charge >= 0.3 is 0 Å². The maximum absolute atomic E-state index is 10.7. The van der Waals surface area contributed by atoms with E-state index in [9.17, 15) is 5.11 Å². The molecule has 106 valence electrons. The fourth-order valence-corrected chi connectivity index (χ4v) is 3.19.